The lowest BCUT2D eigenvalue weighted by atomic mass is 9.65. The number of nitrogens with one attached hydrogen (secondary N) is 1. The second-order valence-corrected chi connectivity index (χ2v) is 7.40. The largest absolute Gasteiger partial charge is 0.311 e. The fraction of sp³-hybridized carbons (Fsp3) is 1.00. The zero-order valence-electron chi connectivity index (χ0n) is 12.3. The van der Waals surface area contributed by atoms with Crippen LogP contribution in [0, 0.1) is 23.7 Å². The highest BCUT2D eigenvalue weighted by Gasteiger charge is 2.43. The van der Waals surface area contributed by atoms with Crippen molar-refractivity contribution in [3.8, 4) is 0 Å². The van der Waals surface area contributed by atoms with Crippen molar-refractivity contribution in [2.45, 2.75) is 71.8 Å². The van der Waals surface area contributed by atoms with E-state index in [1.54, 1.807) is 0 Å². The lowest BCUT2D eigenvalue weighted by molar-refractivity contribution is 0.103. The van der Waals surface area contributed by atoms with Crippen molar-refractivity contribution in [3.63, 3.8) is 0 Å². The molecule has 1 heteroatoms. The van der Waals surface area contributed by atoms with Crippen LogP contribution in [0.25, 0.3) is 0 Å². The Bertz CT molecular complexity index is 230. The minimum Gasteiger partial charge on any atom is -0.311 e. The Labute approximate surface area is 108 Å². The minimum atomic E-state index is 0.497. The van der Waals surface area contributed by atoms with E-state index >= 15 is 0 Å². The van der Waals surface area contributed by atoms with Crippen LogP contribution in [0.15, 0.2) is 0 Å². The van der Waals surface area contributed by atoms with E-state index in [0.717, 1.165) is 23.7 Å². The first-order valence-corrected chi connectivity index (χ1v) is 7.77. The highest BCUT2D eigenvalue weighted by Crippen LogP contribution is 2.44. The quantitative estimate of drug-likeness (QED) is 0.774. The Morgan fingerprint density at radius 3 is 2.24 bits per heavy atom. The molecular formula is C16H31N. The molecule has 1 heterocycles. The Hall–Kier alpha value is -0.0400. The van der Waals surface area contributed by atoms with Crippen molar-refractivity contribution >= 4 is 0 Å². The fourth-order valence-electron chi connectivity index (χ4n) is 4.65. The second-order valence-electron chi connectivity index (χ2n) is 7.40. The second kappa shape index (κ2) is 5.30. The fourth-order valence-corrected chi connectivity index (χ4v) is 4.65. The Morgan fingerprint density at radius 1 is 1.12 bits per heavy atom. The highest BCUT2D eigenvalue weighted by molar-refractivity contribution is 5.01. The Kier molecular flexibility index (Phi) is 4.18. The lowest BCUT2D eigenvalue weighted by Gasteiger charge is -2.45. The van der Waals surface area contributed by atoms with Gasteiger partial charge in [-0.15, -0.1) is 0 Å². The van der Waals surface area contributed by atoms with Gasteiger partial charge in [-0.05, 0) is 68.7 Å². The maximum absolute atomic E-state index is 3.91. The van der Waals surface area contributed by atoms with Gasteiger partial charge in [-0.1, -0.05) is 27.7 Å². The third-order valence-corrected chi connectivity index (χ3v) is 5.01. The van der Waals surface area contributed by atoms with Gasteiger partial charge in [-0.2, -0.15) is 0 Å². The summed E-state index contributed by atoms with van der Waals surface area (Å²) >= 11 is 0. The summed E-state index contributed by atoms with van der Waals surface area (Å²) in [5.41, 5.74) is 0.497. The van der Waals surface area contributed by atoms with Gasteiger partial charge < -0.3 is 5.32 Å². The summed E-state index contributed by atoms with van der Waals surface area (Å²) in [4.78, 5) is 0. The van der Waals surface area contributed by atoms with Gasteiger partial charge in [0.05, 0.1) is 0 Å². The molecule has 0 amide bonds. The standard InChI is InChI=1S/C16H31N/c1-12(2)11-16(6-5-7-17-16)15-9-13(3)8-14(4)10-15/h12-15,17H,5-11H2,1-4H3. The van der Waals surface area contributed by atoms with Gasteiger partial charge in [0.2, 0.25) is 0 Å². The summed E-state index contributed by atoms with van der Waals surface area (Å²) < 4.78 is 0. The van der Waals surface area contributed by atoms with Gasteiger partial charge >= 0.3 is 0 Å². The van der Waals surface area contributed by atoms with Gasteiger partial charge in [0.25, 0.3) is 0 Å². The molecule has 1 aliphatic carbocycles. The van der Waals surface area contributed by atoms with Crippen LogP contribution in [-0.2, 0) is 0 Å². The first-order chi connectivity index (χ1) is 8.02. The van der Waals surface area contributed by atoms with Gasteiger partial charge in [-0.25, -0.2) is 0 Å². The van der Waals surface area contributed by atoms with Crippen LogP contribution in [-0.4, -0.2) is 12.1 Å². The van der Waals surface area contributed by atoms with Crippen LogP contribution in [0.5, 0.6) is 0 Å². The van der Waals surface area contributed by atoms with Crippen molar-refractivity contribution in [2.24, 2.45) is 23.7 Å². The van der Waals surface area contributed by atoms with Crippen LogP contribution in [0.2, 0.25) is 0 Å². The van der Waals surface area contributed by atoms with E-state index in [9.17, 15) is 0 Å². The molecule has 0 spiro atoms. The molecule has 17 heavy (non-hydrogen) atoms. The van der Waals surface area contributed by atoms with E-state index in [1.807, 2.05) is 0 Å². The zero-order chi connectivity index (χ0) is 12.5. The molecule has 1 nitrogen and oxygen atoms in total. The summed E-state index contributed by atoms with van der Waals surface area (Å²) in [6.07, 6.45) is 8.58. The summed E-state index contributed by atoms with van der Waals surface area (Å²) in [5.74, 6) is 3.64. The molecule has 2 rings (SSSR count). The average molecular weight is 237 g/mol. The predicted molar refractivity (Wildman–Crippen MR) is 75.1 cm³/mol. The Morgan fingerprint density at radius 2 is 1.76 bits per heavy atom. The van der Waals surface area contributed by atoms with Crippen molar-refractivity contribution < 1.29 is 0 Å². The monoisotopic (exact) mass is 237 g/mol. The van der Waals surface area contributed by atoms with Crippen molar-refractivity contribution in [1.29, 1.82) is 0 Å². The van der Waals surface area contributed by atoms with Crippen LogP contribution in [0.1, 0.15) is 66.2 Å². The van der Waals surface area contributed by atoms with Crippen LogP contribution >= 0.6 is 0 Å². The number of hydrogen-bond donors (Lipinski definition) is 1. The summed E-state index contributed by atoms with van der Waals surface area (Å²) in [6.45, 7) is 10.9. The molecular weight excluding hydrogens is 206 g/mol. The maximum atomic E-state index is 3.91. The smallest absolute Gasteiger partial charge is 0.0212 e. The lowest BCUT2D eigenvalue weighted by Crippen LogP contribution is -2.50. The number of hydrogen-bond acceptors (Lipinski definition) is 1. The van der Waals surface area contributed by atoms with Gasteiger partial charge in [-0.3, -0.25) is 0 Å². The summed E-state index contributed by atoms with van der Waals surface area (Å²) in [7, 11) is 0. The van der Waals surface area contributed by atoms with Crippen molar-refractivity contribution in [3.05, 3.63) is 0 Å². The molecule has 3 atom stereocenters. The highest BCUT2D eigenvalue weighted by atomic mass is 15.0. The molecule has 1 saturated heterocycles. The van der Waals surface area contributed by atoms with Gasteiger partial charge in [0, 0.05) is 5.54 Å². The SMILES string of the molecule is CC(C)CC1(C2CC(C)CC(C)C2)CCCN1. The van der Waals surface area contributed by atoms with Crippen molar-refractivity contribution in [1.82, 2.24) is 5.32 Å². The summed E-state index contributed by atoms with van der Waals surface area (Å²) in [5, 5.41) is 3.91. The van der Waals surface area contributed by atoms with Crippen LogP contribution in [0.3, 0.4) is 0 Å². The van der Waals surface area contributed by atoms with E-state index in [2.05, 4.69) is 33.0 Å². The maximum Gasteiger partial charge on any atom is 0.0212 e. The molecule has 2 fully saturated rings. The van der Waals surface area contributed by atoms with Crippen LogP contribution < -0.4 is 5.32 Å². The molecule has 3 unspecified atom stereocenters. The molecule has 0 aromatic carbocycles. The topological polar surface area (TPSA) is 12.0 Å². The molecule has 2 aliphatic rings. The minimum absolute atomic E-state index is 0.497. The molecule has 1 saturated carbocycles. The van der Waals surface area contributed by atoms with E-state index < -0.39 is 0 Å². The molecule has 100 valence electrons. The van der Waals surface area contributed by atoms with Gasteiger partial charge in [0.15, 0.2) is 0 Å². The molecule has 0 aromatic rings. The number of rotatable bonds is 3. The average Bonchev–Trinajstić information content (AvgIpc) is 2.65. The zero-order valence-corrected chi connectivity index (χ0v) is 12.3. The van der Waals surface area contributed by atoms with E-state index in [0.29, 0.717) is 5.54 Å². The first kappa shape index (κ1) is 13.4. The van der Waals surface area contributed by atoms with Crippen LogP contribution in [0.4, 0.5) is 0 Å². The first-order valence-electron chi connectivity index (χ1n) is 7.77. The predicted octanol–water partition coefficient (Wildman–Crippen LogP) is 4.23. The van der Waals surface area contributed by atoms with Gasteiger partial charge in [0.1, 0.15) is 0 Å². The third-order valence-electron chi connectivity index (χ3n) is 5.01. The van der Waals surface area contributed by atoms with E-state index in [-0.39, 0.29) is 0 Å². The molecule has 0 bridgehead atoms. The summed E-state index contributed by atoms with van der Waals surface area (Å²) in [6, 6.07) is 0. The van der Waals surface area contributed by atoms with E-state index in [1.165, 1.54) is 45.1 Å². The Balaban J connectivity index is 2.09. The molecule has 0 aromatic heterocycles. The molecule has 0 radical (unpaired) electrons. The third kappa shape index (κ3) is 3.05. The van der Waals surface area contributed by atoms with Crippen molar-refractivity contribution in [2.75, 3.05) is 6.54 Å². The van der Waals surface area contributed by atoms with E-state index in [4.69, 9.17) is 0 Å². The molecule has 1 N–H and O–H groups in total. The normalized spacial score (nSPS) is 43.2. The molecule has 1 aliphatic heterocycles.